The van der Waals surface area contributed by atoms with E-state index < -0.39 is 0 Å². The van der Waals surface area contributed by atoms with E-state index in [4.69, 9.17) is 10.7 Å². The first-order chi connectivity index (χ1) is 9.34. The zero-order chi connectivity index (χ0) is 12.9. The number of rotatable bonds is 3. The molecule has 0 aliphatic heterocycles. The van der Waals surface area contributed by atoms with Crippen molar-refractivity contribution in [3.63, 3.8) is 0 Å². The van der Waals surface area contributed by atoms with Gasteiger partial charge in [0.15, 0.2) is 0 Å². The molecule has 19 heavy (non-hydrogen) atoms. The van der Waals surface area contributed by atoms with E-state index in [0.717, 1.165) is 12.1 Å². The lowest BCUT2D eigenvalue weighted by molar-refractivity contribution is 0.406. The molecule has 2 N–H and O–H groups in total. The molecule has 0 atom stereocenters. The van der Waals surface area contributed by atoms with E-state index in [-0.39, 0.29) is 5.41 Å². The molecule has 2 aliphatic carbocycles. The van der Waals surface area contributed by atoms with Gasteiger partial charge in [0.05, 0.1) is 11.7 Å². The molecule has 100 valence electrons. The summed E-state index contributed by atoms with van der Waals surface area (Å²) in [4.78, 5) is 9.13. The topological polar surface area (TPSA) is 56.7 Å². The zero-order valence-corrected chi connectivity index (χ0v) is 11.2. The van der Waals surface area contributed by atoms with Crippen LogP contribution in [0.4, 0.5) is 0 Å². The van der Waals surface area contributed by atoms with Crippen LogP contribution in [0.15, 0.2) is 18.5 Å². The SMILES string of the molecule is NCC1(c2nc3cnccc3n2C2CC2)CCCC1. The second kappa shape index (κ2) is 4.04. The minimum atomic E-state index is 0.113. The van der Waals surface area contributed by atoms with Gasteiger partial charge in [-0.05, 0) is 31.7 Å². The Labute approximate surface area is 113 Å². The standard InChI is InChI=1S/C15H20N4/c16-10-15(6-1-2-7-15)14-18-12-9-17-8-5-13(12)19(14)11-3-4-11/h5,8-9,11H,1-4,6-7,10,16H2. The largest absolute Gasteiger partial charge is 0.329 e. The molecule has 0 saturated heterocycles. The minimum Gasteiger partial charge on any atom is -0.329 e. The Bertz CT molecular complexity index is 606. The number of imidazole rings is 1. The molecular formula is C15H20N4. The fourth-order valence-electron chi connectivity index (χ4n) is 3.60. The molecule has 0 bridgehead atoms. The quantitative estimate of drug-likeness (QED) is 0.918. The lowest BCUT2D eigenvalue weighted by Gasteiger charge is -2.27. The van der Waals surface area contributed by atoms with Gasteiger partial charge in [-0.1, -0.05) is 12.8 Å². The third-order valence-corrected chi connectivity index (χ3v) is 4.83. The highest BCUT2D eigenvalue weighted by atomic mass is 15.1. The van der Waals surface area contributed by atoms with Gasteiger partial charge < -0.3 is 10.3 Å². The second-order valence-corrected chi connectivity index (χ2v) is 6.09. The van der Waals surface area contributed by atoms with Crippen LogP contribution in [-0.4, -0.2) is 21.1 Å². The van der Waals surface area contributed by atoms with Crippen LogP contribution < -0.4 is 5.73 Å². The highest BCUT2D eigenvalue weighted by Crippen LogP contribution is 2.46. The van der Waals surface area contributed by atoms with Crippen molar-refractivity contribution < 1.29 is 0 Å². The molecule has 4 rings (SSSR count). The summed E-state index contributed by atoms with van der Waals surface area (Å²) in [6.45, 7) is 0.719. The van der Waals surface area contributed by atoms with Gasteiger partial charge in [-0.15, -0.1) is 0 Å². The Hall–Kier alpha value is -1.42. The van der Waals surface area contributed by atoms with E-state index >= 15 is 0 Å². The molecule has 2 aliphatic rings. The van der Waals surface area contributed by atoms with Crippen LogP contribution in [0.1, 0.15) is 50.4 Å². The molecule has 0 radical (unpaired) electrons. The molecule has 4 heteroatoms. The summed E-state index contributed by atoms with van der Waals surface area (Å²) < 4.78 is 2.47. The second-order valence-electron chi connectivity index (χ2n) is 6.09. The van der Waals surface area contributed by atoms with E-state index in [9.17, 15) is 0 Å². The van der Waals surface area contributed by atoms with Crippen molar-refractivity contribution in [1.29, 1.82) is 0 Å². The first-order valence-electron chi connectivity index (χ1n) is 7.37. The third kappa shape index (κ3) is 1.62. The summed E-state index contributed by atoms with van der Waals surface area (Å²) in [6, 6.07) is 2.75. The minimum absolute atomic E-state index is 0.113. The zero-order valence-electron chi connectivity index (χ0n) is 11.2. The van der Waals surface area contributed by atoms with Crippen LogP contribution in [-0.2, 0) is 5.41 Å². The highest BCUT2D eigenvalue weighted by molar-refractivity contribution is 5.75. The number of nitrogens with zero attached hydrogens (tertiary/aromatic N) is 3. The van der Waals surface area contributed by atoms with Crippen molar-refractivity contribution in [3.05, 3.63) is 24.3 Å². The van der Waals surface area contributed by atoms with Crippen LogP contribution in [0.2, 0.25) is 0 Å². The molecule has 0 unspecified atom stereocenters. The van der Waals surface area contributed by atoms with Crippen LogP contribution >= 0.6 is 0 Å². The highest BCUT2D eigenvalue weighted by Gasteiger charge is 2.41. The lowest BCUT2D eigenvalue weighted by Crippen LogP contribution is -2.35. The molecule has 0 amide bonds. The van der Waals surface area contributed by atoms with E-state index in [2.05, 4.69) is 15.6 Å². The summed E-state index contributed by atoms with van der Waals surface area (Å²) in [5, 5.41) is 0. The van der Waals surface area contributed by atoms with E-state index in [1.165, 1.54) is 49.9 Å². The van der Waals surface area contributed by atoms with Gasteiger partial charge >= 0.3 is 0 Å². The summed E-state index contributed by atoms with van der Waals surface area (Å²) in [7, 11) is 0. The number of aromatic nitrogens is 3. The third-order valence-electron chi connectivity index (χ3n) is 4.83. The molecule has 0 spiro atoms. The van der Waals surface area contributed by atoms with Gasteiger partial charge in [0, 0.05) is 24.2 Å². The van der Waals surface area contributed by atoms with Crippen LogP contribution in [0, 0.1) is 0 Å². The number of hydrogen-bond donors (Lipinski definition) is 1. The molecule has 0 aromatic carbocycles. The first-order valence-corrected chi connectivity index (χ1v) is 7.37. The lowest BCUT2D eigenvalue weighted by atomic mass is 9.85. The van der Waals surface area contributed by atoms with Crippen molar-refractivity contribution in [2.24, 2.45) is 5.73 Å². The molecule has 2 fully saturated rings. The Balaban J connectivity index is 1.95. The van der Waals surface area contributed by atoms with Gasteiger partial charge in [-0.3, -0.25) is 4.98 Å². The Morgan fingerprint density at radius 3 is 2.79 bits per heavy atom. The van der Waals surface area contributed by atoms with E-state index in [1.807, 2.05) is 12.4 Å². The van der Waals surface area contributed by atoms with Crippen molar-refractivity contribution in [2.45, 2.75) is 50.0 Å². The van der Waals surface area contributed by atoms with Crippen molar-refractivity contribution >= 4 is 11.0 Å². The number of fused-ring (bicyclic) bond motifs is 1. The maximum absolute atomic E-state index is 6.14. The normalized spacial score (nSPS) is 22.2. The fourth-order valence-corrected chi connectivity index (χ4v) is 3.60. The van der Waals surface area contributed by atoms with Crippen molar-refractivity contribution in [2.75, 3.05) is 6.54 Å². The number of hydrogen-bond acceptors (Lipinski definition) is 3. The van der Waals surface area contributed by atoms with Crippen LogP contribution in [0.3, 0.4) is 0 Å². The Morgan fingerprint density at radius 1 is 1.32 bits per heavy atom. The summed E-state index contributed by atoms with van der Waals surface area (Å²) >= 11 is 0. The van der Waals surface area contributed by atoms with Crippen molar-refractivity contribution in [3.8, 4) is 0 Å². The van der Waals surface area contributed by atoms with E-state index in [1.54, 1.807) is 0 Å². The molecular weight excluding hydrogens is 236 g/mol. The predicted octanol–water partition coefficient (Wildman–Crippen LogP) is 2.54. The molecule has 2 heterocycles. The average Bonchev–Trinajstić information content (AvgIpc) is 3.05. The summed E-state index contributed by atoms with van der Waals surface area (Å²) in [6.07, 6.45) is 11.3. The van der Waals surface area contributed by atoms with Crippen molar-refractivity contribution in [1.82, 2.24) is 14.5 Å². The smallest absolute Gasteiger partial charge is 0.117 e. The predicted molar refractivity (Wildman–Crippen MR) is 75.0 cm³/mol. The van der Waals surface area contributed by atoms with Gasteiger partial charge in [-0.2, -0.15) is 0 Å². The molecule has 2 saturated carbocycles. The summed E-state index contributed by atoms with van der Waals surface area (Å²) in [5.41, 5.74) is 8.53. The molecule has 2 aromatic rings. The van der Waals surface area contributed by atoms with Gasteiger partial charge in [0.1, 0.15) is 11.3 Å². The monoisotopic (exact) mass is 256 g/mol. The Kier molecular flexibility index (Phi) is 2.42. The number of nitrogens with two attached hydrogens (primary N) is 1. The van der Waals surface area contributed by atoms with E-state index in [0.29, 0.717) is 6.04 Å². The number of pyridine rings is 1. The molecule has 4 nitrogen and oxygen atoms in total. The maximum Gasteiger partial charge on any atom is 0.117 e. The van der Waals surface area contributed by atoms with Crippen LogP contribution in [0.25, 0.3) is 11.0 Å². The van der Waals surface area contributed by atoms with Gasteiger partial charge in [0.25, 0.3) is 0 Å². The fraction of sp³-hybridized carbons (Fsp3) is 0.600. The first kappa shape index (κ1) is 11.4. The van der Waals surface area contributed by atoms with Gasteiger partial charge in [0.2, 0.25) is 0 Å². The Morgan fingerprint density at radius 2 is 2.11 bits per heavy atom. The van der Waals surface area contributed by atoms with Crippen LogP contribution in [0.5, 0.6) is 0 Å². The molecule has 2 aromatic heterocycles. The average molecular weight is 256 g/mol. The summed E-state index contributed by atoms with van der Waals surface area (Å²) in [5.74, 6) is 1.23. The maximum atomic E-state index is 6.14. The van der Waals surface area contributed by atoms with Gasteiger partial charge in [-0.25, -0.2) is 4.98 Å².